The highest BCUT2D eigenvalue weighted by Gasteiger charge is 2.25. The molecule has 6 heteroatoms. The molecule has 1 saturated heterocycles. The average molecular weight is 498 g/mol. The van der Waals surface area contributed by atoms with Crippen molar-refractivity contribution in [1.29, 1.82) is 0 Å². The standard InChI is InChI=1S/C30H32ClN5/c1-5-6-8-20(2)36-14-13-35(19-21(36)3)22(4)23-10-11-25-26(31)17-28(34-29(25)15-23)24-16-30-27(33-18-24)9-7-12-32-30/h7,9-12,15-18,21H,2,4-6,8,13-14,19H2,1,3H3. The Balaban J connectivity index is 1.39. The molecule has 1 aliphatic rings. The Morgan fingerprint density at radius 3 is 2.72 bits per heavy atom. The van der Waals surface area contributed by atoms with Crippen molar-refractivity contribution < 1.29 is 0 Å². The van der Waals surface area contributed by atoms with Gasteiger partial charge in [0, 0.05) is 60.4 Å². The number of hydrogen-bond acceptors (Lipinski definition) is 5. The van der Waals surface area contributed by atoms with Crippen molar-refractivity contribution in [1.82, 2.24) is 24.8 Å². The van der Waals surface area contributed by atoms with Crippen LogP contribution in [0.15, 0.2) is 73.7 Å². The van der Waals surface area contributed by atoms with E-state index in [9.17, 15) is 0 Å². The molecule has 36 heavy (non-hydrogen) atoms. The SMILES string of the molecule is C=C(c1ccc2c(Cl)cc(-c3cnc4cccnc4c3)nc2c1)N1CCN(C(=C)CCCC)C(C)C1. The summed E-state index contributed by atoms with van der Waals surface area (Å²) in [5, 5.41) is 1.59. The minimum absolute atomic E-state index is 0.397. The van der Waals surface area contributed by atoms with Gasteiger partial charge in [-0.25, -0.2) is 4.98 Å². The lowest BCUT2D eigenvalue weighted by atomic mass is 10.0. The molecule has 1 unspecified atom stereocenters. The molecule has 5 rings (SSSR count). The van der Waals surface area contributed by atoms with Crippen LogP contribution in [-0.4, -0.2) is 50.4 Å². The molecule has 5 nitrogen and oxygen atoms in total. The fourth-order valence-corrected chi connectivity index (χ4v) is 5.25. The van der Waals surface area contributed by atoms with E-state index in [1.54, 1.807) is 6.20 Å². The fraction of sp³-hybridized carbons (Fsp3) is 0.300. The Morgan fingerprint density at radius 1 is 1.06 bits per heavy atom. The number of halogens is 1. The number of allylic oxidation sites excluding steroid dienone is 1. The lowest BCUT2D eigenvalue weighted by Gasteiger charge is -2.44. The van der Waals surface area contributed by atoms with E-state index in [1.165, 1.54) is 18.5 Å². The average Bonchev–Trinajstić information content (AvgIpc) is 2.90. The van der Waals surface area contributed by atoms with Gasteiger partial charge in [0.1, 0.15) is 0 Å². The Bertz CT molecular complexity index is 1450. The van der Waals surface area contributed by atoms with Crippen LogP contribution in [0.3, 0.4) is 0 Å². The molecular formula is C30H32ClN5. The van der Waals surface area contributed by atoms with Crippen molar-refractivity contribution in [3.8, 4) is 11.3 Å². The number of pyridine rings is 3. The quantitative estimate of drug-likeness (QED) is 0.270. The summed E-state index contributed by atoms with van der Waals surface area (Å²) in [4.78, 5) is 18.7. The van der Waals surface area contributed by atoms with Gasteiger partial charge < -0.3 is 9.80 Å². The molecule has 0 N–H and O–H groups in total. The van der Waals surface area contributed by atoms with E-state index in [1.807, 2.05) is 36.5 Å². The predicted octanol–water partition coefficient (Wildman–Crippen LogP) is 7.18. The van der Waals surface area contributed by atoms with Gasteiger partial charge >= 0.3 is 0 Å². The summed E-state index contributed by atoms with van der Waals surface area (Å²) < 4.78 is 0. The summed E-state index contributed by atoms with van der Waals surface area (Å²) in [6.07, 6.45) is 7.06. The van der Waals surface area contributed by atoms with E-state index in [0.717, 1.165) is 70.5 Å². The smallest absolute Gasteiger partial charge is 0.0893 e. The van der Waals surface area contributed by atoms with Gasteiger partial charge in [-0.2, -0.15) is 0 Å². The summed E-state index contributed by atoms with van der Waals surface area (Å²) in [7, 11) is 0. The van der Waals surface area contributed by atoms with E-state index in [4.69, 9.17) is 16.6 Å². The zero-order chi connectivity index (χ0) is 25.2. The summed E-state index contributed by atoms with van der Waals surface area (Å²) in [6.45, 7) is 16.1. The molecule has 1 fully saturated rings. The second-order valence-electron chi connectivity index (χ2n) is 9.59. The first-order valence-corrected chi connectivity index (χ1v) is 13.0. The van der Waals surface area contributed by atoms with E-state index >= 15 is 0 Å². The van der Waals surface area contributed by atoms with Gasteiger partial charge in [-0.15, -0.1) is 0 Å². The highest BCUT2D eigenvalue weighted by molar-refractivity contribution is 6.35. The summed E-state index contributed by atoms with van der Waals surface area (Å²) in [5.74, 6) is 0. The molecule has 0 aliphatic carbocycles. The van der Waals surface area contributed by atoms with E-state index < -0.39 is 0 Å². The summed E-state index contributed by atoms with van der Waals surface area (Å²) in [6, 6.07) is 14.4. The Kier molecular flexibility index (Phi) is 6.92. The van der Waals surface area contributed by atoms with Gasteiger partial charge in [0.15, 0.2) is 0 Å². The number of fused-ring (bicyclic) bond motifs is 2. The third kappa shape index (κ3) is 4.80. The Morgan fingerprint density at radius 2 is 1.92 bits per heavy atom. The monoisotopic (exact) mass is 497 g/mol. The molecular weight excluding hydrogens is 466 g/mol. The number of nitrogens with zero attached hydrogens (tertiary/aromatic N) is 5. The Labute approximate surface area is 218 Å². The van der Waals surface area contributed by atoms with Crippen LogP contribution in [0.4, 0.5) is 0 Å². The van der Waals surface area contributed by atoms with Crippen LogP contribution in [0.1, 0.15) is 38.7 Å². The number of aromatic nitrogens is 3. The van der Waals surface area contributed by atoms with Crippen LogP contribution in [-0.2, 0) is 0 Å². The predicted molar refractivity (Wildman–Crippen MR) is 151 cm³/mol. The minimum atomic E-state index is 0.397. The van der Waals surface area contributed by atoms with Crippen molar-refractivity contribution in [3.63, 3.8) is 0 Å². The second-order valence-corrected chi connectivity index (χ2v) is 10.00. The van der Waals surface area contributed by atoms with Crippen LogP contribution in [0.5, 0.6) is 0 Å². The zero-order valence-corrected chi connectivity index (χ0v) is 21.8. The van der Waals surface area contributed by atoms with Crippen LogP contribution >= 0.6 is 11.6 Å². The van der Waals surface area contributed by atoms with Crippen molar-refractivity contribution in [2.45, 2.75) is 39.2 Å². The molecule has 3 aromatic heterocycles. The molecule has 0 spiro atoms. The maximum atomic E-state index is 6.69. The summed E-state index contributed by atoms with van der Waals surface area (Å²) in [5.41, 5.74) is 7.54. The van der Waals surface area contributed by atoms with Gasteiger partial charge in [0.05, 0.1) is 27.3 Å². The highest BCUT2D eigenvalue weighted by atomic mass is 35.5. The highest BCUT2D eigenvalue weighted by Crippen LogP contribution is 2.32. The van der Waals surface area contributed by atoms with Crippen molar-refractivity contribution >= 4 is 39.2 Å². The van der Waals surface area contributed by atoms with Crippen LogP contribution in [0, 0.1) is 0 Å². The maximum absolute atomic E-state index is 6.69. The van der Waals surface area contributed by atoms with Crippen molar-refractivity contribution in [2.75, 3.05) is 19.6 Å². The normalized spacial score (nSPS) is 16.0. The van der Waals surface area contributed by atoms with Gasteiger partial charge in [-0.3, -0.25) is 9.97 Å². The Hall–Kier alpha value is -3.44. The third-order valence-electron chi connectivity index (χ3n) is 7.07. The van der Waals surface area contributed by atoms with Crippen LogP contribution in [0.25, 0.3) is 38.9 Å². The molecule has 0 bridgehead atoms. The van der Waals surface area contributed by atoms with Crippen molar-refractivity contribution in [2.24, 2.45) is 0 Å². The molecule has 1 aromatic carbocycles. The molecule has 1 atom stereocenters. The molecule has 1 aliphatic heterocycles. The van der Waals surface area contributed by atoms with Gasteiger partial charge in [-0.05, 0) is 55.7 Å². The first-order valence-electron chi connectivity index (χ1n) is 12.6. The summed E-state index contributed by atoms with van der Waals surface area (Å²) >= 11 is 6.69. The van der Waals surface area contributed by atoms with E-state index in [2.05, 4.69) is 58.9 Å². The maximum Gasteiger partial charge on any atom is 0.0893 e. The topological polar surface area (TPSA) is 45.2 Å². The number of rotatable bonds is 7. The van der Waals surface area contributed by atoms with Crippen LogP contribution in [0.2, 0.25) is 5.02 Å². The second kappa shape index (κ2) is 10.3. The largest absolute Gasteiger partial charge is 0.369 e. The molecule has 0 radical (unpaired) electrons. The first kappa shape index (κ1) is 24.3. The minimum Gasteiger partial charge on any atom is -0.369 e. The fourth-order valence-electron chi connectivity index (χ4n) is 4.99. The van der Waals surface area contributed by atoms with E-state index in [0.29, 0.717) is 11.1 Å². The molecule has 0 amide bonds. The first-order chi connectivity index (χ1) is 17.4. The molecule has 4 heterocycles. The number of hydrogen-bond donors (Lipinski definition) is 0. The molecule has 184 valence electrons. The van der Waals surface area contributed by atoms with Gasteiger partial charge in [-0.1, -0.05) is 50.2 Å². The van der Waals surface area contributed by atoms with Crippen LogP contribution < -0.4 is 0 Å². The zero-order valence-electron chi connectivity index (χ0n) is 21.0. The number of benzene rings is 1. The molecule has 4 aromatic rings. The van der Waals surface area contributed by atoms with E-state index in [-0.39, 0.29) is 0 Å². The third-order valence-corrected chi connectivity index (χ3v) is 7.39. The van der Waals surface area contributed by atoms with Gasteiger partial charge in [0.2, 0.25) is 0 Å². The van der Waals surface area contributed by atoms with Gasteiger partial charge in [0.25, 0.3) is 0 Å². The molecule has 0 saturated carbocycles. The lowest BCUT2D eigenvalue weighted by molar-refractivity contribution is 0.149. The number of unbranched alkanes of at least 4 members (excludes halogenated alkanes) is 1. The lowest BCUT2D eigenvalue weighted by Crippen LogP contribution is -2.50. The van der Waals surface area contributed by atoms with Crippen molar-refractivity contribution in [3.05, 3.63) is 84.3 Å². The number of piperazine rings is 1.